The van der Waals surface area contributed by atoms with E-state index < -0.39 is 0 Å². The second-order valence-electron chi connectivity index (χ2n) is 3.99. The second-order valence-corrected chi connectivity index (χ2v) is 3.99. The highest BCUT2D eigenvalue weighted by molar-refractivity contribution is 4.86. The summed E-state index contributed by atoms with van der Waals surface area (Å²) in [6, 6.07) is 1.48. The van der Waals surface area contributed by atoms with Crippen molar-refractivity contribution in [3.8, 4) is 0 Å². The highest BCUT2D eigenvalue weighted by Gasteiger charge is 2.03. The van der Waals surface area contributed by atoms with Gasteiger partial charge in [0.05, 0.1) is 0 Å². The average molecular weight is 224 g/mol. The van der Waals surface area contributed by atoms with E-state index in [1.807, 2.05) is 6.92 Å². The van der Waals surface area contributed by atoms with Crippen LogP contribution in [0.1, 0.15) is 39.5 Å². The summed E-state index contributed by atoms with van der Waals surface area (Å²) in [4.78, 5) is 23.4. The Labute approximate surface area is 95.5 Å². The zero-order valence-electron chi connectivity index (χ0n) is 10.1. The van der Waals surface area contributed by atoms with Crippen LogP contribution >= 0.6 is 0 Å². The number of hydrogen-bond donors (Lipinski definition) is 0. The molecule has 0 fully saturated rings. The summed E-state index contributed by atoms with van der Waals surface area (Å²) >= 11 is 0. The maximum atomic E-state index is 11.9. The van der Waals surface area contributed by atoms with Crippen molar-refractivity contribution in [2.24, 2.45) is 0 Å². The van der Waals surface area contributed by atoms with E-state index in [-0.39, 0.29) is 11.2 Å². The smallest absolute Gasteiger partial charge is 0.300 e. The fourth-order valence-electron chi connectivity index (χ4n) is 1.58. The van der Waals surface area contributed by atoms with Gasteiger partial charge in [-0.2, -0.15) is 0 Å². The van der Waals surface area contributed by atoms with Gasteiger partial charge in [-0.3, -0.25) is 9.36 Å². The van der Waals surface area contributed by atoms with Crippen LogP contribution in [0.25, 0.3) is 0 Å². The molecule has 0 aliphatic rings. The minimum Gasteiger partial charge on any atom is -0.300 e. The van der Waals surface area contributed by atoms with Crippen LogP contribution in [0, 0.1) is 0 Å². The van der Waals surface area contributed by atoms with Gasteiger partial charge < -0.3 is 4.57 Å². The van der Waals surface area contributed by atoms with Gasteiger partial charge in [-0.25, -0.2) is 4.79 Å². The van der Waals surface area contributed by atoms with E-state index in [4.69, 9.17) is 0 Å². The number of unbranched alkanes of at least 4 members (excludes halogenated alkanes) is 2. The maximum absolute atomic E-state index is 11.9. The molecule has 4 heteroatoms. The Morgan fingerprint density at radius 1 is 1.06 bits per heavy atom. The Hall–Kier alpha value is -1.32. The predicted octanol–water partition coefficient (Wildman–Crippen LogP) is 1.61. The van der Waals surface area contributed by atoms with Crippen LogP contribution in [0.3, 0.4) is 0 Å². The van der Waals surface area contributed by atoms with Gasteiger partial charge in [0.2, 0.25) is 0 Å². The van der Waals surface area contributed by atoms with E-state index in [2.05, 4.69) is 6.92 Å². The molecule has 1 heterocycles. The SMILES string of the molecule is CCCCn1ccc(=O)n(CCCC)c1=O. The summed E-state index contributed by atoms with van der Waals surface area (Å²) in [5.41, 5.74) is -0.361. The number of rotatable bonds is 6. The third-order valence-electron chi connectivity index (χ3n) is 2.63. The molecule has 0 amide bonds. The van der Waals surface area contributed by atoms with Gasteiger partial charge in [0.1, 0.15) is 0 Å². The Bertz CT molecular complexity index is 431. The van der Waals surface area contributed by atoms with Gasteiger partial charge in [-0.15, -0.1) is 0 Å². The van der Waals surface area contributed by atoms with E-state index in [0.29, 0.717) is 13.1 Å². The lowest BCUT2D eigenvalue weighted by Crippen LogP contribution is -2.39. The fourth-order valence-corrected chi connectivity index (χ4v) is 1.58. The van der Waals surface area contributed by atoms with E-state index in [9.17, 15) is 9.59 Å². The summed E-state index contributed by atoms with van der Waals surface area (Å²) in [6.45, 7) is 5.35. The normalized spacial score (nSPS) is 10.6. The lowest BCUT2D eigenvalue weighted by Gasteiger charge is -2.08. The van der Waals surface area contributed by atoms with E-state index in [0.717, 1.165) is 25.7 Å². The Morgan fingerprint density at radius 2 is 1.69 bits per heavy atom. The third-order valence-corrected chi connectivity index (χ3v) is 2.63. The van der Waals surface area contributed by atoms with Crippen molar-refractivity contribution < 1.29 is 0 Å². The molecule has 0 N–H and O–H groups in total. The highest BCUT2D eigenvalue weighted by atomic mass is 16.2. The molecule has 0 atom stereocenters. The van der Waals surface area contributed by atoms with E-state index >= 15 is 0 Å². The minimum absolute atomic E-state index is 0.172. The van der Waals surface area contributed by atoms with Gasteiger partial charge in [0.15, 0.2) is 0 Å². The van der Waals surface area contributed by atoms with Gasteiger partial charge in [-0.1, -0.05) is 26.7 Å². The standard InChI is InChI=1S/C12H20N2O2/c1-3-5-8-13-10-7-11(15)14(12(13)16)9-6-4-2/h7,10H,3-6,8-9H2,1-2H3. The first-order valence-corrected chi connectivity index (χ1v) is 6.01. The first-order valence-electron chi connectivity index (χ1n) is 6.01. The fraction of sp³-hybridized carbons (Fsp3) is 0.667. The van der Waals surface area contributed by atoms with Gasteiger partial charge in [0, 0.05) is 25.4 Å². The monoisotopic (exact) mass is 224 g/mol. The largest absolute Gasteiger partial charge is 0.330 e. The quantitative estimate of drug-likeness (QED) is 0.737. The van der Waals surface area contributed by atoms with Crippen molar-refractivity contribution in [2.75, 3.05) is 0 Å². The summed E-state index contributed by atoms with van der Waals surface area (Å²) in [6.07, 6.45) is 5.46. The van der Waals surface area contributed by atoms with Crippen LogP contribution in [0.2, 0.25) is 0 Å². The summed E-state index contributed by atoms with van der Waals surface area (Å²) in [5, 5.41) is 0. The number of nitrogens with zero attached hydrogens (tertiary/aromatic N) is 2. The molecule has 1 aromatic rings. The second kappa shape index (κ2) is 6.30. The molecule has 90 valence electrons. The van der Waals surface area contributed by atoms with Gasteiger partial charge in [-0.05, 0) is 12.8 Å². The van der Waals surface area contributed by atoms with Crippen LogP contribution in [0.15, 0.2) is 21.9 Å². The van der Waals surface area contributed by atoms with Crippen molar-refractivity contribution in [1.82, 2.24) is 9.13 Å². The molecule has 0 aliphatic carbocycles. The summed E-state index contributed by atoms with van der Waals surface area (Å²) < 4.78 is 2.96. The Kier molecular flexibility index (Phi) is 5.02. The minimum atomic E-state index is -0.189. The first-order chi connectivity index (χ1) is 7.70. The molecule has 1 aromatic heterocycles. The third kappa shape index (κ3) is 3.08. The van der Waals surface area contributed by atoms with Gasteiger partial charge in [0.25, 0.3) is 5.56 Å². The van der Waals surface area contributed by atoms with Crippen molar-refractivity contribution in [1.29, 1.82) is 0 Å². The molecule has 1 rings (SSSR count). The lowest BCUT2D eigenvalue weighted by atomic mass is 10.3. The van der Waals surface area contributed by atoms with Crippen LogP contribution in [0.5, 0.6) is 0 Å². The molecule has 0 aromatic carbocycles. The van der Waals surface area contributed by atoms with Crippen LogP contribution in [-0.2, 0) is 13.1 Å². The molecular formula is C12H20N2O2. The zero-order chi connectivity index (χ0) is 12.0. The molecular weight excluding hydrogens is 204 g/mol. The van der Waals surface area contributed by atoms with Crippen molar-refractivity contribution in [3.63, 3.8) is 0 Å². The lowest BCUT2D eigenvalue weighted by molar-refractivity contribution is 0.517. The molecule has 0 aliphatic heterocycles. The topological polar surface area (TPSA) is 44.0 Å². The number of aryl methyl sites for hydroxylation is 1. The van der Waals surface area contributed by atoms with Crippen LogP contribution < -0.4 is 11.2 Å². The molecule has 0 spiro atoms. The Morgan fingerprint density at radius 3 is 2.31 bits per heavy atom. The zero-order valence-corrected chi connectivity index (χ0v) is 10.1. The van der Waals surface area contributed by atoms with Gasteiger partial charge >= 0.3 is 5.69 Å². The van der Waals surface area contributed by atoms with Crippen LogP contribution in [-0.4, -0.2) is 9.13 Å². The van der Waals surface area contributed by atoms with E-state index in [1.165, 1.54) is 10.6 Å². The molecule has 0 unspecified atom stereocenters. The number of hydrogen-bond acceptors (Lipinski definition) is 2. The molecule has 0 saturated heterocycles. The molecule has 4 nitrogen and oxygen atoms in total. The molecule has 0 radical (unpaired) electrons. The molecule has 0 saturated carbocycles. The summed E-state index contributed by atoms with van der Waals surface area (Å²) in [5.74, 6) is 0. The van der Waals surface area contributed by atoms with Crippen molar-refractivity contribution in [3.05, 3.63) is 33.1 Å². The Balaban J connectivity index is 2.97. The summed E-state index contributed by atoms with van der Waals surface area (Å²) in [7, 11) is 0. The van der Waals surface area contributed by atoms with E-state index in [1.54, 1.807) is 10.8 Å². The number of aromatic nitrogens is 2. The van der Waals surface area contributed by atoms with Crippen LogP contribution in [0.4, 0.5) is 0 Å². The molecule has 0 bridgehead atoms. The highest BCUT2D eigenvalue weighted by Crippen LogP contribution is 1.92. The molecule has 16 heavy (non-hydrogen) atoms. The van der Waals surface area contributed by atoms with Crippen molar-refractivity contribution >= 4 is 0 Å². The predicted molar refractivity (Wildman–Crippen MR) is 64.8 cm³/mol. The maximum Gasteiger partial charge on any atom is 0.330 e. The first kappa shape index (κ1) is 12.7. The average Bonchev–Trinajstić information content (AvgIpc) is 2.28. The van der Waals surface area contributed by atoms with Crippen molar-refractivity contribution in [2.45, 2.75) is 52.6 Å².